The Labute approximate surface area is 88.3 Å². The van der Waals surface area contributed by atoms with Gasteiger partial charge in [-0.1, -0.05) is 43.0 Å². The maximum atomic E-state index is 5.57. The van der Waals surface area contributed by atoms with Crippen LogP contribution in [-0.2, 0) is 0 Å². The smallest absolute Gasteiger partial charge is 0.142 e. The van der Waals surface area contributed by atoms with E-state index < -0.39 is 0 Å². The van der Waals surface area contributed by atoms with Crippen LogP contribution in [0, 0.1) is 0 Å². The van der Waals surface area contributed by atoms with Crippen molar-refractivity contribution in [2.45, 2.75) is 0 Å². The summed E-state index contributed by atoms with van der Waals surface area (Å²) >= 11 is 0. The molecule has 1 aliphatic heterocycles. The normalized spacial score (nSPS) is 13.7. The first-order chi connectivity index (χ1) is 7.36. The summed E-state index contributed by atoms with van der Waals surface area (Å²) in [5.41, 5.74) is 2.08. The summed E-state index contributed by atoms with van der Waals surface area (Å²) in [5, 5.41) is 2.33. The summed E-state index contributed by atoms with van der Waals surface area (Å²) in [6.45, 7) is 4.00. The van der Waals surface area contributed by atoms with Crippen LogP contribution in [-0.4, -0.2) is 0 Å². The molecular formula is C14H10O. The van der Waals surface area contributed by atoms with E-state index in [0.717, 1.165) is 22.3 Å². The van der Waals surface area contributed by atoms with Gasteiger partial charge in [-0.15, -0.1) is 0 Å². The second-order valence-electron chi connectivity index (χ2n) is 3.61. The lowest BCUT2D eigenvalue weighted by atomic mass is 9.99. The zero-order valence-corrected chi connectivity index (χ0v) is 8.23. The molecule has 1 heteroatoms. The fourth-order valence-electron chi connectivity index (χ4n) is 1.90. The van der Waals surface area contributed by atoms with Crippen LogP contribution in [0.3, 0.4) is 0 Å². The number of rotatable bonds is 0. The molecule has 3 rings (SSSR count). The van der Waals surface area contributed by atoms with Crippen LogP contribution in [0.4, 0.5) is 0 Å². The van der Waals surface area contributed by atoms with E-state index in [4.69, 9.17) is 4.74 Å². The van der Waals surface area contributed by atoms with Gasteiger partial charge in [0.2, 0.25) is 0 Å². The third-order valence-corrected chi connectivity index (χ3v) is 2.68. The largest absolute Gasteiger partial charge is 0.464 e. The van der Waals surface area contributed by atoms with Gasteiger partial charge in [-0.2, -0.15) is 0 Å². The molecule has 0 amide bonds. The molecule has 0 aliphatic carbocycles. The number of fused-ring (bicyclic) bond motifs is 3. The highest BCUT2D eigenvalue weighted by Crippen LogP contribution is 2.36. The first kappa shape index (κ1) is 8.30. The van der Waals surface area contributed by atoms with Gasteiger partial charge in [0.15, 0.2) is 0 Å². The first-order valence-corrected chi connectivity index (χ1v) is 4.90. The molecule has 0 N–H and O–H groups in total. The molecule has 2 aromatic carbocycles. The summed E-state index contributed by atoms with van der Waals surface area (Å²) in [4.78, 5) is 0. The highest BCUT2D eigenvalue weighted by atomic mass is 16.5. The standard InChI is InChI=1S/C14H10O/c1-10-8-9-15-14-12(10)7-6-11-4-2-3-5-13(11)14/h2-9H,1H2. The number of benzene rings is 2. The third-order valence-electron chi connectivity index (χ3n) is 2.68. The van der Waals surface area contributed by atoms with Crippen molar-refractivity contribution in [3.8, 4) is 5.75 Å². The minimum Gasteiger partial charge on any atom is -0.464 e. The topological polar surface area (TPSA) is 9.23 Å². The quantitative estimate of drug-likeness (QED) is 0.620. The van der Waals surface area contributed by atoms with Crippen LogP contribution in [0.15, 0.2) is 55.3 Å². The molecule has 0 atom stereocenters. The molecule has 1 nitrogen and oxygen atoms in total. The molecule has 0 fully saturated rings. The molecular weight excluding hydrogens is 184 g/mol. The van der Waals surface area contributed by atoms with Crippen molar-refractivity contribution in [3.05, 3.63) is 60.9 Å². The Balaban J connectivity index is 2.41. The molecule has 1 heterocycles. The summed E-state index contributed by atoms with van der Waals surface area (Å²) in [6.07, 6.45) is 3.58. The Morgan fingerprint density at radius 1 is 1.00 bits per heavy atom. The van der Waals surface area contributed by atoms with E-state index in [2.05, 4.69) is 30.8 Å². The highest BCUT2D eigenvalue weighted by molar-refractivity contribution is 5.95. The second kappa shape index (κ2) is 2.99. The molecule has 0 saturated carbocycles. The highest BCUT2D eigenvalue weighted by Gasteiger charge is 2.12. The zero-order valence-electron chi connectivity index (χ0n) is 8.23. The van der Waals surface area contributed by atoms with Crippen molar-refractivity contribution >= 4 is 16.3 Å². The number of allylic oxidation sites excluding steroid dienone is 2. The van der Waals surface area contributed by atoms with Gasteiger partial charge < -0.3 is 4.74 Å². The van der Waals surface area contributed by atoms with E-state index in [0.29, 0.717) is 0 Å². The molecule has 15 heavy (non-hydrogen) atoms. The Hall–Kier alpha value is -2.02. The minimum absolute atomic E-state index is 0.917. The van der Waals surface area contributed by atoms with Gasteiger partial charge in [0.25, 0.3) is 0 Å². The monoisotopic (exact) mass is 194 g/mol. The lowest BCUT2D eigenvalue weighted by molar-refractivity contribution is 0.481. The molecule has 2 aromatic rings. The van der Waals surface area contributed by atoms with Gasteiger partial charge in [0, 0.05) is 10.9 Å². The van der Waals surface area contributed by atoms with Crippen LogP contribution in [0.1, 0.15) is 5.56 Å². The van der Waals surface area contributed by atoms with Crippen molar-refractivity contribution < 1.29 is 4.74 Å². The van der Waals surface area contributed by atoms with Crippen LogP contribution < -0.4 is 4.74 Å². The van der Waals surface area contributed by atoms with Crippen molar-refractivity contribution in [1.29, 1.82) is 0 Å². The predicted molar refractivity (Wildman–Crippen MR) is 62.8 cm³/mol. The maximum Gasteiger partial charge on any atom is 0.142 e. The summed E-state index contributed by atoms with van der Waals surface area (Å²) in [7, 11) is 0. The van der Waals surface area contributed by atoms with Crippen LogP contribution >= 0.6 is 0 Å². The molecule has 0 radical (unpaired) electrons. The lowest BCUT2D eigenvalue weighted by Crippen LogP contribution is -1.95. The average molecular weight is 194 g/mol. The number of ether oxygens (including phenoxy) is 1. The van der Waals surface area contributed by atoms with Crippen LogP contribution in [0.2, 0.25) is 0 Å². The van der Waals surface area contributed by atoms with E-state index in [1.807, 2.05) is 18.2 Å². The zero-order chi connectivity index (χ0) is 10.3. The van der Waals surface area contributed by atoms with E-state index >= 15 is 0 Å². The van der Waals surface area contributed by atoms with Crippen molar-refractivity contribution in [2.24, 2.45) is 0 Å². The summed E-state index contributed by atoms with van der Waals surface area (Å²) in [5.74, 6) is 0.917. The van der Waals surface area contributed by atoms with Gasteiger partial charge in [-0.25, -0.2) is 0 Å². The number of hydrogen-bond donors (Lipinski definition) is 0. The van der Waals surface area contributed by atoms with Crippen LogP contribution in [0.5, 0.6) is 5.75 Å². The van der Waals surface area contributed by atoms with Gasteiger partial charge >= 0.3 is 0 Å². The SMILES string of the molecule is C=C1C=COc2c1ccc1ccccc21. The Morgan fingerprint density at radius 2 is 1.87 bits per heavy atom. The van der Waals surface area contributed by atoms with E-state index in [1.54, 1.807) is 6.26 Å². The Kier molecular flexibility index (Phi) is 1.65. The molecule has 0 bridgehead atoms. The van der Waals surface area contributed by atoms with Crippen molar-refractivity contribution in [3.63, 3.8) is 0 Å². The lowest BCUT2D eigenvalue weighted by Gasteiger charge is -2.15. The Morgan fingerprint density at radius 3 is 2.80 bits per heavy atom. The van der Waals surface area contributed by atoms with Crippen molar-refractivity contribution in [2.75, 3.05) is 0 Å². The van der Waals surface area contributed by atoms with Gasteiger partial charge in [-0.3, -0.25) is 0 Å². The first-order valence-electron chi connectivity index (χ1n) is 4.90. The van der Waals surface area contributed by atoms with Gasteiger partial charge in [-0.05, 0) is 17.0 Å². The maximum absolute atomic E-state index is 5.57. The fraction of sp³-hybridized carbons (Fsp3) is 0. The molecule has 1 aliphatic rings. The van der Waals surface area contributed by atoms with Crippen molar-refractivity contribution in [1.82, 2.24) is 0 Å². The molecule has 0 spiro atoms. The van der Waals surface area contributed by atoms with E-state index in [-0.39, 0.29) is 0 Å². The van der Waals surface area contributed by atoms with Gasteiger partial charge in [0.1, 0.15) is 5.75 Å². The Bertz CT molecular complexity index is 579. The molecule has 72 valence electrons. The molecule has 0 unspecified atom stereocenters. The predicted octanol–water partition coefficient (Wildman–Crippen LogP) is 3.76. The second-order valence-corrected chi connectivity index (χ2v) is 3.61. The fourth-order valence-corrected chi connectivity index (χ4v) is 1.90. The van der Waals surface area contributed by atoms with Crippen LogP contribution in [0.25, 0.3) is 16.3 Å². The van der Waals surface area contributed by atoms with E-state index in [9.17, 15) is 0 Å². The minimum atomic E-state index is 0.917. The molecule has 0 saturated heterocycles. The molecule has 0 aromatic heterocycles. The van der Waals surface area contributed by atoms with Gasteiger partial charge in [0.05, 0.1) is 6.26 Å². The number of hydrogen-bond acceptors (Lipinski definition) is 1. The average Bonchev–Trinajstić information content (AvgIpc) is 2.29. The summed E-state index contributed by atoms with van der Waals surface area (Å²) < 4.78 is 5.57. The summed E-state index contributed by atoms with van der Waals surface area (Å²) in [6, 6.07) is 12.4. The van der Waals surface area contributed by atoms with E-state index in [1.165, 1.54) is 5.39 Å². The third kappa shape index (κ3) is 1.17.